The number of benzene rings is 2. The smallest absolute Gasteiger partial charge is 0.412 e. The minimum atomic E-state index is -1.89. The fraction of sp³-hybridized carbons (Fsp3) is 0.492. The molecule has 7 rings (SSSR count). The number of primary amides is 1. The summed E-state index contributed by atoms with van der Waals surface area (Å²) in [7, 11) is 4.42. The lowest BCUT2D eigenvalue weighted by atomic mass is 9.83. The van der Waals surface area contributed by atoms with Crippen molar-refractivity contribution in [3.8, 4) is 5.75 Å². The monoisotopic (exact) mass is 1200 g/mol. The molecular weight excluding hydrogens is 1120 g/mol. The lowest BCUT2D eigenvalue weighted by molar-refractivity contribution is -0.142. The number of unbranched alkanes of at least 4 members (excludes halogenated alkanes) is 2. The van der Waals surface area contributed by atoms with E-state index in [1.165, 1.54) is 37.3 Å². The summed E-state index contributed by atoms with van der Waals surface area (Å²) < 4.78 is 29.5. The van der Waals surface area contributed by atoms with Gasteiger partial charge < -0.3 is 60.7 Å². The molecule has 85 heavy (non-hydrogen) atoms. The number of epoxide rings is 1. The summed E-state index contributed by atoms with van der Waals surface area (Å²) in [6.07, 6.45) is 3.64. The number of anilines is 3. The Morgan fingerprint density at radius 3 is 2.40 bits per heavy atom. The van der Waals surface area contributed by atoms with Crippen molar-refractivity contribution in [1.29, 1.82) is 0 Å². The molecule has 4 aliphatic heterocycles. The number of imide groups is 1. The second-order valence-corrected chi connectivity index (χ2v) is 22.5. The van der Waals surface area contributed by atoms with E-state index >= 15 is 0 Å². The molecule has 9 atom stereocenters. The maximum Gasteiger partial charge on any atom is 0.412 e. The van der Waals surface area contributed by atoms with Crippen molar-refractivity contribution < 1.29 is 71.9 Å². The van der Waals surface area contributed by atoms with E-state index in [9.17, 15) is 48.3 Å². The number of urea groups is 1. The zero-order valence-corrected chi connectivity index (χ0v) is 49.5. The van der Waals surface area contributed by atoms with Crippen LogP contribution in [0, 0.1) is 11.8 Å². The molecule has 25 nitrogen and oxygen atoms in total. The maximum absolute atomic E-state index is 14.4. The molecular formula is C59H75ClN10O15. The number of aliphatic hydroxyl groups is 1. The number of amides is 10. The SMILES string of the molecule is COc1cc2cc(c1Cl)N(C)C(=O)C[C@H](OC(=O)Nc1ccc3nc(NC(=O)[C@H](CCCNC(N)=O)NC(=O)[C@@H](NC(=O)CCCCCN4C(=O)C=CC4=O)C(C)C)ccc3c1)[C@]1(C)O[C@H]1[C@H](C)[C@@H]1C[C@@](O)(NC(=O)O1)[C@H](OC)/C=C/C=C(\C)C2. The molecule has 1 aromatic heterocycles. The lowest BCUT2D eigenvalue weighted by Gasteiger charge is -2.42. The van der Waals surface area contributed by atoms with E-state index < -0.39 is 102 Å². The molecule has 0 spiro atoms. The number of rotatable bonds is 20. The number of nitrogens with two attached hydrogens (primary N) is 1. The average Bonchev–Trinajstić information content (AvgIpc) is 1.93. The van der Waals surface area contributed by atoms with Crippen molar-refractivity contribution in [2.45, 2.75) is 140 Å². The first-order valence-corrected chi connectivity index (χ1v) is 28.4. The van der Waals surface area contributed by atoms with Gasteiger partial charge in [0, 0.05) is 69.2 Å². The third-order valence-corrected chi connectivity index (χ3v) is 15.8. The Morgan fingerprint density at radius 1 is 0.965 bits per heavy atom. The summed E-state index contributed by atoms with van der Waals surface area (Å²) in [5.74, 6) is -3.46. The van der Waals surface area contributed by atoms with E-state index in [0.717, 1.165) is 16.0 Å². The number of methoxy groups -OCH3 is 2. The Kier molecular flexibility index (Phi) is 21.4. The Labute approximate surface area is 497 Å². The summed E-state index contributed by atoms with van der Waals surface area (Å²) in [6.45, 7) is 9.16. The number of aromatic nitrogens is 1. The molecule has 3 aromatic rings. The number of ether oxygens (including phenoxy) is 5. The summed E-state index contributed by atoms with van der Waals surface area (Å²) in [5, 5.41) is 28.6. The van der Waals surface area contributed by atoms with Gasteiger partial charge in [0.1, 0.15) is 52.6 Å². The maximum atomic E-state index is 14.4. The van der Waals surface area contributed by atoms with E-state index in [4.69, 9.17) is 41.0 Å². The summed E-state index contributed by atoms with van der Waals surface area (Å²) in [6, 6.07) is 8.51. The molecule has 26 heteroatoms. The van der Waals surface area contributed by atoms with Crippen LogP contribution < -0.4 is 47.3 Å². The van der Waals surface area contributed by atoms with Crippen molar-refractivity contribution in [2.75, 3.05) is 49.9 Å². The Hall–Kier alpha value is -8.13. The normalized spacial score (nSPS) is 24.9. The molecule has 0 aliphatic carbocycles. The molecule has 2 aromatic carbocycles. The van der Waals surface area contributed by atoms with Crippen LogP contribution in [-0.2, 0) is 54.1 Å². The number of alkyl carbamates (subject to hydrolysis) is 1. The highest BCUT2D eigenvalue weighted by molar-refractivity contribution is 6.35. The molecule has 4 bridgehead atoms. The minimum absolute atomic E-state index is 0.0595. The molecule has 5 heterocycles. The number of hydrogen-bond donors (Lipinski definition) is 8. The quantitative estimate of drug-likeness (QED) is 0.0398. The predicted molar refractivity (Wildman–Crippen MR) is 313 cm³/mol. The standard InChI is InChI=1S/C59H75ClN10O15/c1-32(2)51(67-46(71)17-10-9-11-25-70-47(72)22-23-48(70)73)54(76)65-39(15-13-24-62-55(61)77)53(75)66-45-21-18-36-29-37(19-20-38(36)64-45)63-56(78)84-44-30-49(74)69(6)40-27-35(28-41(81-7)50(40)60)26-33(3)14-12-16-43(82-8)59(80)31-42(83-57(79)68-59)34(4)52-58(44,5)85-52/h12,14,16,18-23,27-29,32,34,39,42-44,51-52,80H,9-11,13,15,17,24-26,30-31H2,1-8H3,(H,63,78)(H,65,76)(H,67,71)(H,68,79)(H3,61,62,77)(H,64,66,75)/b16-12+,33-14+/t34-,39+,42+,43-,44+,51+,52+,58+,59+/m1/s1. The highest BCUT2D eigenvalue weighted by Crippen LogP contribution is 2.49. The van der Waals surface area contributed by atoms with E-state index in [-0.39, 0.29) is 73.0 Å². The number of allylic oxidation sites excluding steroid dienone is 3. The number of carbonyl (C=O) groups is 9. The Morgan fingerprint density at radius 2 is 1.71 bits per heavy atom. The largest absolute Gasteiger partial charge is 0.495 e. The average molecular weight is 1200 g/mol. The van der Waals surface area contributed by atoms with Gasteiger partial charge in [-0.1, -0.05) is 62.6 Å². The molecule has 0 saturated carbocycles. The molecule has 2 saturated heterocycles. The highest BCUT2D eigenvalue weighted by Gasteiger charge is 2.64. The fourth-order valence-corrected chi connectivity index (χ4v) is 10.9. The topological polar surface area (TPSA) is 341 Å². The van der Waals surface area contributed by atoms with Crippen molar-refractivity contribution in [3.05, 3.63) is 89.0 Å². The van der Waals surface area contributed by atoms with Crippen LogP contribution >= 0.6 is 11.6 Å². The van der Waals surface area contributed by atoms with E-state index in [1.54, 1.807) is 83.3 Å². The zero-order chi connectivity index (χ0) is 61.9. The van der Waals surface area contributed by atoms with Gasteiger partial charge in [0.05, 0.1) is 30.8 Å². The van der Waals surface area contributed by atoms with Gasteiger partial charge in [-0.05, 0) is 99.9 Å². The number of pyridine rings is 1. The van der Waals surface area contributed by atoms with E-state index in [0.29, 0.717) is 48.0 Å². The number of fused-ring (bicyclic) bond motifs is 6. The second kappa shape index (κ2) is 28.2. The van der Waals surface area contributed by atoms with Gasteiger partial charge in [0.15, 0.2) is 5.72 Å². The third kappa shape index (κ3) is 16.4. The van der Waals surface area contributed by atoms with Crippen molar-refractivity contribution >= 4 is 93.4 Å². The van der Waals surface area contributed by atoms with Crippen LogP contribution in [-0.4, -0.2) is 151 Å². The van der Waals surface area contributed by atoms with Gasteiger partial charge in [-0.15, -0.1) is 0 Å². The van der Waals surface area contributed by atoms with Crippen LogP contribution in [0.4, 0.5) is 31.6 Å². The van der Waals surface area contributed by atoms with Gasteiger partial charge in [-0.25, -0.2) is 19.4 Å². The molecule has 2 fully saturated rings. The van der Waals surface area contributed by atoms with E-state index in [2.05, 4.69) is 36.9 Å². The number of hydrogen-bond acceptors (Lipinski definition) is 16. The van der Waals surface area contributed by atoms with E-state index in [1.807, 2.05) is 13.0 Å². The number of halogens is 1. The molecule has 0 unspecified atom stereocenters. The lowest BCUT2D eigenvalue weighted by Crippen LogP contribution is -2.63. The number of carbonyl (C=O) groups excluding carboxylic acids is 9. The second-order valence-electron chi connectivity index (χ2n) is 22.2. The van der Waals surface area contributed by atoms with Crippen molar-refractivity contribution in [2.24, 2.45) is 17.6 Å². The van der Waals surface area contributed by atoms with Gasteiger partial charge in [-0.2, -0.15) is 0 Å². The Bertz CT molecular complexity index is 3140. The van der Waals surface area contributed by atoms with Crippen LogP contribution in [0.25, 0.3) is 10.9 Å². The number of nitrogens with zero attached hydrogens (tertiary/aromatic N) is 3. The van der Waals surface area contributed by atoms with Gasteiger partial charge in [0.2, 0.25) is 23.6 Å². The molecule has 4 aliphatic rings. The number of nitrogens with one attached hydrogen (secondary N) is 6. The van der Waals surface area contributed by atoms with Crippen LogP contribution in [0.3, 0.4) is 0 Å². The third-order valence-electron chi connectivity index (χ3n) is 15.4. The Balaban J connectivity index is 1.04. The zero-order valence-electron chi connectivity index (χ0n) is 48.8. The van der Waals surface area contributed by atoms with Gasteiger partial charge in [0.25, 0.3) is 11.8 Å². The first-order valence-electron chi connectivity index (χ1n) is 28.1. The van der Waals surface area contributed by atoms with Crippen molar-refractivity contribution in [3.63, 3.8) is 0 Å². The first-order chi connectivity index (χ1) is 40.3. The van der Waals surface area contributed by atoms with Crippen LogP contribution in [0.15, 0.2) is 78.4 Å². The summed E-state index contributed by atoms with van der Waals surface area (Å²) in [4.78, 5) is 124. The molecule has 10 amide bonds. The molecule has 458 valence electrons. The predicted octanol–water partition coefficient (Wildman–Crippen LogP) is 5.42. The molecule has 0 radical (unpaired) electrons. The van der Waals surface area contributed by atoms with Crippen molar-refractivity contribution in [1.82, 2.24) is 31.2 Å². The molecule has 9 N–H and O–H groups in total. The van der Waals surface area contributed by atoms with Crippen LogP contribution in [0.5, 0.6) is 5.75 Å². The highest BCUT2D eigenvalue weighted by atomic mass is 35.5. The minimum Gasteiger partial charge on any atom is -0.495 e. The summed E-state index contributed by atoms with van der Waals surface area (Å²) >= 11 is 6.84. The van der Waals surface area contributed by atoms with Gasteiger partial charge in [-0.3, -0.25) is 44.3 Å². The van der Waals surface area contributed by atoms with Crippen LogP contribution in [0.1, 0.15) is 91.5 Å². The van der Waals surface area contributed by atoms with Crippen LogP contribution in [0.2, 0.25) is 5.02 Å². The fourth-order valence-electron chi connectivity index (χ4n) is 10.6. The first kappa shape index (κ1) is 64.4. The van der Waals surface area contributed by atoms with Gasteiger partial charge >= 0.3 is 18.2 Å². The summed E-state index contributed by atoms with van der Waals surface area (Å²) in [5.41, 5.74) is 4.69.